The largest absolute Gasteiger partial charge is 0.467 e. The number of nitrogens with zero attached hydrogens (tertiary/aromatic N) is 3. The number of pyridine rings is 1. The molecule has 1 fully saturated rings. The fourth-order valence-electron chi connectivity index (χ4n) is 3.62. The lowest BCUT2D eigenvalue weighted by Crippen LogP contribution is -2.54. The number of aromatic nitrogens is 1. The van der Waals surface area contributed by atoms with Gasteiger partial charge in [-0.25, -0.2) is 4.98 Å². The highest BCUT2D eigenvalue weighted by atomic mass is 79.9. The first-order valence-corrected chi connectivity index (χ1v) is 12.9. The third-order valence-electron chi connectivity index (χ3n) is 5.21. The minimum absolute atomic E-state index is 0.0176. The van der Waals surface area contributed by atoms with Crippen molar-refractivity contribution in [3.63, 3.8) is 0 Å². The molecule has 1 aromatic carbocycles. The summed E-state index contributed by atoms with van der Waals surface area (Å²) in [6.07, 6.45) is 1.53. The van der Waals surface area contributed by atoms with Crippen molar-refractivity contribution < 1.29 is 22.5 Å². The van der Waals surface area contributed by atoms with Crippen molar-refractivity contribution in [2.45, 2.75) is 25.9 Å². The number of aryl methyl sites for hydroxylation is 1. The second-order valence-corrected chi connectivity index (χ2v) is 10.7. The molecule has 1 saturated heterocycles. The Bertz CT molecular complexity index is 1050. The Hall–Kier alpha value is -1.72. The van der Waals surface area contributed by atoms with E-state index in [9.17, 15) is 13.2 Å². The summed E-state index contributed by atoms with van der Waals surface area (Å²) in [4.78, 5) is 21.0. The number of ether oxygens (including phenoxy) is 1. The minimum atomic E-state index is -4.12. The predicted molar refractivity (Wildman–Crippen MR) is 125 cm³/mol. The van der Waals surface area contributed by atoms with Gasteiger partial charge in [-0.3, -0.25) is 14.2 Å². The SMILES string of the molecule is C[C@@H]1CN(Cc2ccc(Cl)cc2)CCN1C(=O)COc1ncc(Br)cc1CCS(=O)(=O)O. The molecule has 32 heavy (non-hydrogen) atoms. The van der Waals surface area contributed by atoms with Crippen LogP contribution in [0.1, 0.15) is 18.1 Å². The van der Waals surface area contributed by atoms with Crippen LogP contribution in [0, 0.1) is 0 Å². The van der Waals surface area contributed by atoms with E-state index >= 15 is 0 Å². The lowest BCUT2D eigenvalue weighted by molar-refractivity contribution is -0.138. The summed E-state index contributed by atoms with van der Waals surface area (Å²) in [6, 6.07) is 9.43. The van der Waals surface area contributed by atoms with Crippen LogP contribution < -0.4 is 4.74 Å². The van der Waals surface area contributed by atoms with Gasteiger partial charge >= 0.3 is 0 Å². The van der Waals surface area contributed by atoms with E-state index in [2.05, 4.69) is 25.8 Å². The maximum atomic E-state index is 12.8. The number of rotatable bonds is 8. The standard InChI is InChI=1S/C21H25BrClN3O5S/c1-15-12-25(13-16-2-4-19(23)5-3-16)7-8-26(15)20(27)14-31-21-17(6-9-32(28,29)30)10-18(22)11-24-21/h2-5,10-11,15H,6-9,12-14H2,1H3,(H,28,29,30)/t15-/m1/s1. The van der Waals surface area contributed by atoms with E-state index < -0.39 is 15.9 Å². The Labute approximate surface area is 201 Å². The molecule has 1 N–H and O–H groups in total. The number of carbonyl (C=O) groups excluding carboxylic acids is 1. The van der Waals surface area contributed by atoms with Crippen molar-refractivity contribution in [3.05, 3.63) is 57.2 Å². The molecule has 0 unspecified atom stereocenters. The van der Waals surface area contributed by atoms with Gasteiger partial charge < -0.3 is 9.64 Å². The Morgan fingerprint density at radius 1 is 1.31 bits per heavy atom. The highest BCUT2D eigenvalue weighted by Gasteiger charge is 2.28. The molecule has 0 aliphatic carbocycles. The van der Waals surface area contributed by atoms with Crippen LogP contribution in [0.3, 0.4) is 0 Å². The molecule has 1 aliphatic heterocycles. The maximum absolute atomic E-state index is 12.8. The minimum Gasteiger partial charge on any atom is -0.467 e. The number of piperazine rings is 1. The third-order valence-corrected chi connectivity index (χ3v) is 6.61. The summed E-state index contributed by atoms with van der Waals surface area (Å²) in [6.45, 7) is 4.66. The Kier molecular flexibility index (Phi) is 8.51. The Morgan fingerprint density at radius 2 is 2.03 bits per heavy atom. The molecule has 1 atom stereocenters. The fraction of sp³-hybridized carbons (Fsp3) is 0.429. The highest BCUT2D eigenvalue weighted by Crippen LogP contribution is 2.22. The molecule has 174 valence electrons. The van der Waals surface area contributed by atoms with Crippen LogP contribution in [0.4, 0.5) is 0 Å². The van der Waals surface area contributed by atoms with Gasteiger partial charge in [0.25, 0.3) is 16.0 Å². The lowest BCUT2D eigenvalue weighted by atomic mass is 10.1. The van der Waals surface area contributed by atoms with E-state index in [-0.39, 0.29) is 30.9 Å². The average molecular weight is 547 g/mol. The van der Waals surface area contributed by atoms with Gasteiger partial charge in [-0.1, -0.05) is 23.7 Å². The van der Waals surface area contributed by atoms with E-state index in [1.165, 1.54) is 11.8 Å². The van der Waals surface area contributed by atoms with E-state index in [0.29, 0.717) is 21.6 Å². The predicted octanol–water partition coefficient (Wildman–Crippen LogP) is 3.04. The number of hydrogen-bond acceptors (Lipinski definition) is 6. The number of carbonyl (C=O) groups is 1. The molecule has 1 aromatic heterocycles. The number of benzene rings is 1. The number of amides is 1. The van der Waals surface area contributed by atoms with Crippen LogP contribution in [-0.2, 0) is 27.9 Å². The van der Waals surface area contributed by atoms with Gasteiger partial charge in [0.1, 0.15) is 0 Å². The molecule has 1 aliphatic rings. The van der Waals surface area contributed by atoms with E-state index in [4.69, 9.17) is 20.9 Å². The lowest BCUT2D eigenvalue weighted by Gasteiger charge is -2.39. The second kappa shape index (κ2) is 10.9. The molecule has 0 spiro atoms. The normalized spacial score (nSPS) is 17.4. The summed E-state index contributed by atoms with van der Waals surface area (Å²) >= 11 is 9.23. The van der Waals surface area contributed by atoms with Crippen molar-refractivity contribution in [1.82, 2.24) is 14.8 Å². The smallest absolute Gasteiger partial charge is 0.265 e. The third kappa shape index (κ3) is 7.41. The van der Waals surface area contributed by atoms with Gasteiger partial charge in [0, 0.05) is 53.5 Å². The van der Waals surface area contributed by atoms with Crippen molar-refractivity contribution in [2.24, 2.45) is 0 Å². The molecule has 0 radical (unpaired) electrons. The van der Waals surface area contributed by atoms with Crippen molar-refractivity contribution in [2.75, 3.05) is 32.0 Å². The van der Waals surface area contributed by atoms with Gasteiger partial charge in [-0.05, 0) is 53.0 Å². The molecule has 1 amide bonds. The van der Waals surface area contributed by atoms with Crippen LogP contribution in [0.5, 0.6) is 5.88 Å². The molecule has 3 rings (SSSR count). The second-order valence-electron chi connectivity index (χ2n) is 7.74. The summed E-state index contributed by atoms with van der Waals surface area (Å²) in [7, 11) is -4.12. The van der Waals surface area contributed by atoms with Gasteiger partial charge in [0.05, 0.1) is 5.75 Å². The first-order valence-electron chi connectivity index (χ1n) is 10.1. The summed E-state index contributed by atoms with van der Waals surface area (Å²) in [5.74, 6) is -0.435. The zero-order valence-electron chi connectivity index (χ0n) is 17.6. The quantitative estimate of drug-likeness (QED) is 0.508. The van der Waals surface area contributed by atoms with Crippen molar-refractivity contribution in [1.29, 1.82) is 0 Å². The zero-order chi connectivity index (χ0) is 23.3. The van der Waals surface area contributed by atoms with Gasteiger partial charge in [-0.15, -0.1) is 0 Å². The van der Waals surface area contributed by atoms with Crippen LogP contribution >= 0.6 is 27.5 Å². The van der Waals surface area contributed by atoms with Crippen LogP contribution in [0.2, 0.25) is 5.02 Å². The maximum Gasteiger partial charge on any atom is 0.265 e. The van der Waals surface area contributed by atoms with Gasteiger partial charge in [-0.2, -0.15) is 8.42 Å². The molecular weight excluding hydrogens is 522 g/mol. The van der Waals surface area contributed by atoms with E-state index in [0.717, 1.165) is 19.6 Å². The van der Waals surface area contributed by atoms with Crippen LogP contribution in [-0.4, -0.2) is 71.7 Å². The fourth-order valence-corrected chi connectivity index (χ4v) is 4.61. The van der Waals surface area contributed by atoms with E-state index in [1.54, 1.807) is 11.0 Å². The Morgan fingerprint density at radius 3 is 2.69 bits per heavy atom. The van der Waals surface area contributed by atoms with Gasteiger partial charge in [0.2, 0.25) is 5.88 Å². The topological polar surface area (TPSA) is 100 Å². The number of halogens is 2. The van der Waals surface area contributed by atoms with E-state index in [1.807, 2.05) is 31.2 Å². The molecule has 8 nitrogen and oxygen atoms in total. The van der Waals surface area contributed by atoms with Gasteiger partial charge in [0.15, 0.2) is 6.61 Å². The molecule has 2 heterocycles. The van der Waals surface area contributed by atoms with Crippen LogP contribution in [0.25, 0.3) is 0 Å². The van der Waals surface area contributed by atoms with Crippen LogP contribution in [0.15, 0.2) is 41.0 Å². The summed E-state index contributed by atoms with van der Waals surface area (Å²) < 4.78 is 37.4. The van der Waals surface area contributed by atoms with Crippen molar-refractivity contribution >= 4 is 43.6 Å². The van der Waals surface area contributed by atoms with Crippen molar-refractivity contribution in [3.8, 4) is 5.88 Å². The first-order chi connectivity index (χ1) is 15.1. The molecule has 2 aromatic rings. The summed E-state index contributed by atoms with van der Waals surface area (Å²) in [5.41, 5.74) is 1.66. The Balaban J connectivity index is 1.55. The monoisotopic (exact) mass is 545 g/mol. The molecule has 0 saturated carbocycles. The molecule has 11 heteroatoms. The molecule has 0 bridgehead atoms. The first kappa shape index (κ1) is 24.9. The highest BCUT2D eigenvalue weighted by molar-refractivity contribution is 9.10. The average Bonchev–Trinajstić information content (AvgIpc) is 2.72. The molecular formula is C21H25BrClN3O5S. The number of hydrogen-bond donors (Lipinski definition) is 1. The summed E-state index contributed by atoms with van der Waals surface area (Å²) in [5, 5.41) is 0.707. The zero-order valence-corrected chi connectivity index (χ0v) is 20.7.